The minimum atomic E-state index is -0.636. The largest absolute Gasteiger partial charge is 0.477 e. The molecule has 11 heterocycles. The number of aliphatic hydroxyl groups is 1. The van der Waals surface area contributed by atoms with Crippen LogP contribution in [0.2, 0.25) is 10.3 Å². The van der Waals surface area contributed by atoms with Gasteiger partial charge in [0.2, 0.25) is 5.88 Å². The lowest BCUT2D eigenvalue weighted by atomic mass is 9.59. The molecule has 0 amide bonds. The van der Waals surface area contributed by atoms with Gasteiger partial charge in [0.1, 0.15) is 82.0 Å². The Morgan fingerprint density at radius 1 is 0.528 bits per heavy atom. The predicted molar refractivity (Wildman–Crippen MR) is 331 cm³/mol. The molecule has 8 aromatic rings. The van der Waals surface area contributed by atoms with Gasteiger partial charge in [-0.1, -0.05) is 35.3 Å². The van der Waals surface area contributed by atoms with Gasteiger partial charge in [0, 0.05) is 60.1 Å². The maximum atomic E-state index is 12.3. The highest BCUT2D eigenvalue weighted by atomic mass is 35.5. The van der Waals surface area contributed by atoms with Crippen molar-refractivity contribution in [2.45, 2.75) is 178 Å². The Labute approximate surface area is 523 Å². The summed E-state index contributed by atoms with van der Waals surface area (Å²) in [6, 6.07) is 16.8. The fraction of sp³-hybridized carbons (Fsp3) is 0.562. The molecule has 9 fully saturated rings. The number of aliphatic hydroxyl groups excluding tert-OH is 1. The zero-order valence-corrected chi connectivity index (χ0v) is 52.2. The highest BCUT2D eigenvalue weighted by molar-refractivity contribution is 6.29. The first kappa shape index (κ1) is 58.8. The Morgan fingerprint density at radius 2 is 0.933 bits per heavy atom. The summed E-state index contributed by atoms with van der Waals surface area (Å²) in [5, 5.41) is 13.0. The summed E-state index contributed by atoms with van der Waals surface area (Å²) in [7, 11) is 0. The van der Waals surface area contributed by atoms with Crippen LogP contribution in [0.5, 0.6) is 5.88 Å². The molecule has 470 valence electrons. The average molecular weight is 1260 g/mol. The number of nitrogens with two attached hydrogens (primary N) is 3. The fourth-order valence-corrected chi connectivity index (χ4v) is 18.0. The zero-order chi connectivity index (χ0) is 61.7. The van der Waals surface area contributed by atoms with E-state index >= 15 is 0 Å². The van der Waals surface area contributed by atoms with Crippen LogP contribution in [0.15, 0.2) is 97.0 Å². The Hall–Kier alpha value is -6.54. The Balaban J connectivity index is 0.000000113. The van der Waals surface area contributed by atoms with Crippen molar-refractivity contribution < 1.29 is 38.3 Å². The summed E-state index contributed by atoms with van der Waals surface area (Å²) in [6.45, 7) is 13.4. The Morgan fingerprint density at radius 3 is 1.34 bits per heavy atom. The normalized spacial score (nSPS) is 34.6. The molecule has 7 N–H and O–H groups in total. The molecule has 6 aliphatic carbocycles. The minimum absolute atomic E-state index is 0.00153. The first-order chi connectivity index (χ1) is 42.5. The standard InChI is InChI=1S/2C23H26ClN5O3.C18H24N4O3/c1-22(2)31-18-15(29-7-6-14-20(25)26-12-27-21(14)29)10-23(19(18)32-22)8-13(9-23)11-30-17-5-3-4-16(24)28-17;1-22(2)31-18-15(28-7-6-14-20(25)26-12-27-21(14)28)10-23(19(18)32-22)8-13(9-23)11-29-16(24)4-3-5-17(29)30;1-17(2)24-13-12(7-18(14(13)25-17)5-10(6-18)8-23)22-4-3-11-15(19)20-9-21-16(11)22/h2*3-7,12-13,15,18-19H,8-11H2,1-2H3,(H2,25,26,27);3-4,9-10,12-14,23H,5-8H2,1-2H3,(H2,19,20,21)/t2*13?,15-,18+,19+,23?;10?,12-,13+,14+,18?/m111/s1. The second kappa shape index (κ2) is 21.3. The lowest BCUT2D eigenvalue weighted by Gasteiger charge is -2.49. The molecule has 3 spiro atoms. The van der Waals surface area contributed by atoms with Gasteiger partial charge in [0.15, 0.2) is 17.4 Å². The van der Waals surface area contributed by atoms with Crippen LogP contribution >= 0.6 is 23.2 Å². The quantitative estimate of drug-likeness (QED) is 0.0979. The predicted octanol–water partition coefficient (Wildman–Crippen LogP) is 9.26. The van der Waals surface area contributed by atoms with Gasteiger partial charge in [0.05, 0.1) is 59.2 Å². The number of anilines is 3. The maximum Gasteiger partial charge on any atom is 0.251 e. The molecule has 3 aliphatic heterocycles. The number of nitrogens with zero attached hydrogens (tertiary/aromatic N) is 11. The third-order valence-corrected chi connectivity index (χ3v) is 21.4. The Kier molecular flexibility index (Phi) is 14.1. The number of nitrogen functional groups attached to an aromatic ring is 3. The molecule has 9 atom stereocenters. The maximum absolute atomic E-state index is 12.3. The summed E-state index contributed by atoms with van der Waals surface area (Å²) in [5.41, 5.74) is 20.8. The van der Waals surface area contributed by atoms with Gasteiger partial charge in [-0.05, 0) is 147 Å². The van der Waals surface area contributed by atoms with Gasteiger partial charge in [-0.3, -0.25) is 9.36 Å². The summed E-state index contributed by atoms with van der Waals surface area (Å²) in [4.78, 5) is 42.3. The van der Waals surface area contributed by atoms with E-state index in [4.69, 9.17) is 73.6 Å². The lowest BCUT2D eigenvalue weighted by molar-refractivity contribution is -0.183. The molecule has 8 aromatic heterocycles. The molecule has 0 aromatic carbocycles. The highest BCUT2D eigenvalue weighted by Crippen LogP contribution is 2.67. The number of aromatic nitrogens is 11. The van der Waals surface area contributed by atoms with Crippen molar-refractivity contribution in [1.82, 2.24) is 53.2 Å². The van der Waals surface area contributed by atoms with Gasteiger partial charge in [-0.2, -0.15) is 0 Å². The molecule has 89 heavy (non-hydrogen) atoms. The van der Waals surface area contributed by atoms with E-state index in [1.54, 1.807) is 28.8 Å². The number of halogens is 2. The number of pyridine rings is 2. The highest BCUT2D eigenvalue weighted by Gasteiger charge is 2.68. The zero-order valence-electron chi connectivity index (χ0n) is 50.7. The summed E-state index contributed by atoms with van der Waals surface area (Å²) >= 11 is 12.3. The van der Waals surface area contributed by atoms with Crippen molar-refractivity contribution >= 4 is 73.8 Å². The first-order valence-corrected chi connectivity index (χ1v) is 31.8. The minimum Gasteiger partial charge on any atom is -0.477 e. The third kappa shape index (κ3) is 10.0. The van der Waals surface area contributed by atoms with Crippen molar-refractivity contribution in [1.29, 1.82) is 0 Å². The van der Waals surface area contributed by atoms with E-state index in [-0.39, 0.29) is 83.2 Å². The number of ether oxygens (including phenoxy) is 7. The molecule has 25 heteroatoms. The van der Waals surface area contributed by atoms with Crippen LogP contribution < -0.4 is 27.5 Å². The number of rotatable bonds is 9. The monoisotopic (exact) mass is 1250 g/mol. The number of fused-ring (bicyclic) bond motifs is 9. The third-order valence-electron chi connectivity index (χ3n) is 20.9. The van der Waals surface area contributed by atoms with Crippen LogP contribution in [0, 0.1) is 34.0 Å². The molecule has 6 saturated carbocycles. The summed E-state index contributed by atoms with van der Waals surface area (Å²) < 4.78 is 52.5. The van der Waals surface area contributed by atoms with Crippen molar-refractivity contribution in [3.8, 4) is 5.88 Å². The molecule has 3 saturated heterocycles. The van der Waals surface area contributed by atoms with E-state index in [9.17, 15) is 9.90 Å². The van der Waals surface area contributed by atoms with E-state index in [1.807, 2.05) is 84.3 Å². The van der Waals surface area contributed by atoms with E-state index in [2.05, 4.69) is 54.8 Å². The van der Waals surface area contributed by atoms with E-state index in [0.29, 0.717) is 64.5 Å². The van der Waals surface area contributed by atoms with Crippen molar-refractivity contribution in [3.05, 3.63) is 113 Å². The lowest BCUT2D eigenvalue weighted by Crippen LogP contribution is -2.47. The van der Waals surface area contributed by atoms with Gasteiger partial charge in [-0.15, -0.1) is 0 Å². The smallest absolute Gasteiger partial charge is 0.251 e. The number of hydrogen-bond donors (Lipinski definition) is 4. The van der Waals surface area contributed by atoms with Crippen LogP contribution in [-0.4, -0.2) is 125 Å². The summed E-state index contributed by atoms with van der Waals surface area (Å²) in [5.74, 6) is 1.43. The first-order valence-electron chi connectivity index (χ1n) is 31.0. The van der Waals surface area contributed by atoms with E-state index in [1.165, 1.54) is 19.0 Å². The van der Waals surface area contributed by atoms with Crippen LogP contribution in [0.25, 0.3) is 33.1 Å². The molecule has 17 rings (SSSR count). The second-order valence-corrected chi connectivity index (χ2v) is 28.8. The van der Waals surface area contributed by atoms with E-state index in [0.717, 1.165) is 90.9 Å². The van der Waals surface area contributed by atoms with Crippen LogP contribution in [0.3, 0.4) is 0 Å². The molecule has 0 unspecified atom stereocenters. The van der Waals surface area contributed by atoms with Gasteiger partial charge < -0.3 is 69.2 Å². The van der Waals surface area contributed by atoms with Crippen molar-refractivity contribution in [2.75, 3.05) is 30.4 Å². The molecular weight excluding hydrogens is 1180 g/mol. The summed E-state index contributed by atoms with van der Waals surface area (Å²) in [6.07, 6.45) is 19.5. The second-order valence-electron chi connectivity index (χ2n) is 28.0. The van der Waals surface area contributed by atoms with Gasteiger partial charge in [0.25, 0.3) is 5.56 Å². The van der Waals surface area contributed by atoms with Gasteiger partial charge >= 0.3 is 0 Å². The Bertz CT molecular complexity index is 4080. The molecule has 23 nitrogen and oxygen atoms in total. The number of hydrogen-bond acceptors (Lipinski definition) is 19. The van der Waals surface area contributed by atoms with Crippen LogP contribution in [0.4, 0.5) is 17.5 Å². The van der Waals surface area contributed by atoms with E-state index < -0.39 is 17.4 Å². The molecular formula is C64H76Cl2N14O9. The van der Waals surface area contributed by atoms with Crippen molar-refractivity contribution in [3.63, 3.8) is 0 Å². The van der Waals surface area contributed by atoms with Gasteiger partial charge in [-0.25, -0.2) is 34.9 Å². The molecule has 0 bridgehead atoms. The molecule has 9 aliphatic rings. The SMILES string of the molecule is CC1(C)O[C@H]2[C@H](n3ccc4c(N)ncnc43)CC3(CC(CO)C3)[C@H]2O1.CC1(C)O[C@H]2[C@H](n3ccc4c(N)ncnc43)CC3(CC(COc4cccc(Cl)n4)C3)[C@H]2O1.CC1(C)O[C@H]2[C@H](n3ccc4c(N)ncnc43)CC3(CC(Cn4c(Cl)cccc4=O)C3)[C@H]2O1. The van der Waals surface area contributed by atoms with Crippen LogP contribution in [0.1, 0.15) is 117 Å². The fourth-order valence-electron chi connectivity index (χ4n) is 17.6. The van der Waals surface area contributed by atoms with Crippen molar-refractivity contribution in [2.24, 2.45) is 34.0 Å². The average Bonchev–Trinajstić information content (AvgIpc) is 1.57. The molecule has 0 radical (unpaired) electrons. The van der Waals surface area contributed by atoms with Crippen LogP contribution in [-0.2, 0) is 35.0 Å². The topological polar surface area (TPSA) is 290 Å².